The molecule has 0 bridgehead atoms. The lowest BCUT2D eigenvalue weighted by molar-refractivity contribution is 0.586. The Morgan fingerprint density at radius 1 is 1.43 bits per heavy atom. The molecule has 1 heterocycles. The lowest BCUT2D eigenvalue weighted by Crippen LogP contribution is -2.40. The van der Waals surface area contributed by atoms with Gasteiger partial charge in [-0.1, -0.05) is 18.2 Å². The third kappa shape index (κ3) is 1.38. The van der Waals surface area contributed by atoms with E-state index in [1.807, 2.05) is 25.1 Å². The predicted molar refractivity (Wildman–Crippen MR) is 55.2 cm³/mol. The van der Waals surface area contributed by atoms with Crippen LogP contribution in [0.4, 0.5) is 5.69 Å². The summed E-state index contributed by atoms with van der Waals surface area (Å²) in [6.45, 7) is 1.85. The van der Waals surface area contributed by atoms with E-state index in [1.165, 1.54) is 4.31 Å². The summed E-state index contributed by atoms with van der Waals surface area (Å²) in [5.41, 5.74) is 1.75. The van der Waals surface area contributed by atoms with Crippen LogP contribution in [0.25, 0.3) is 0 Å². The molecule has 5 heteroatoms. The number of rotatable bonds is 1. The summed E-state index contributed by atoms with van der Waals surface area (Å²) < 4.78 is 23.9. The molecule has 0 aliphatic carbocycles. The zero-order chi connectivity index (χ0) is 10.3. The molecule has 1 unspecified atom stereocenters. The van der Waals surface area contributed by atoms with Crippen LogP contribution in [0.3, 0.4) is 0 Å². The third-order valence-electron chi connectivity index (χ3n) is 2.42. The lowest BCUT2D eigenvalue weighted by Gasteiger charge is -2.21. The van der Waals surface area contributed by atoms with Gasteiger partial charge >= 0.3 is 0 Å². The highest BCUT2D eigenvalue weighted by molar-refractivity contribution is 7.90. The van der Waals surface area contributed by atoms with E-state index in [2.05, 4.69) is 0 Å². The molecule has 0 fully saturated rings. The summed E-state index contributed by atoms with van der Waals surface area (Å²) in [5.74, 6) is 0. The predicted octanol–water partition coefficient (Wildman–Crippen LogP) is 0.641. The number of hydrogen-bond acceptors (Lipinski definition) is 2. The molecular weight excluding hydrogens is 200 g/mol. The van der Waals surface area contributed by atoms with Gasteiger partial charge in [0.25, 0.3) is 10.2 Å². The van der Waals surface area contributed by atoms with Crippen LogP contribution in [0.1, 0.15) is 12.5 Å². The Bertz CT molecular complexity index is 456. The van der Waals surface area contributed by atoms with Gasteiger partial charge in [-0.25, -0.2) is 5.14 Å². The Morgan fingerprint density at radius 2 is 2.07 bits per heavy atom. The summed E-state index contributed by atoms with van der Waals surface area (Å²) in [7, 11) is -3.63. The number of anilines is 1. The fourth-order valence-electron chi connectivity index (χ4n) is 1.92. The lowest BCUT2D eigenvalue weighted by atomic mass is 10.1. The van der Waals surface area contributed by atoms with Crippen LogP contribution in [0.2, 0.25) is 0 Å². The van der Waals surface area contributed by atoms with E-state index in [0.29, 0.717) is 5.69 Å². The first-order valence-corrected chi connectivity index (χ1v) is 5.90. The van der Waals surface area contributed by atoms with E-state index < -0.39 is 10.2 Å². The van der Waals surface area contributed by atoms with E-state index >= 15 is 0 Å². The molecule has 1 aliphatic heterocycles. The Labute approximate surface area is 83.5 Å². The van der Waals surface area contributed by atoms with Gasteiger partial charge in [-0.05, 0) is 25.0 Å². The molecule has 0 radical (unpaired) electrons. The minimum atomic E-state index is -3.63. The topological polar surface area (TPSA) is 63.4 Å². The molecule has 76 valence electrons. The zero-order valence-corrected chi connectivity index (χ0v) is 8.66. The van der Waals surface area contributed by atoms with Gasteiger partial charge in [-0.3, -0.25) is 4.31 Å². The van der Waals surface area contributed by atoms with Crippen molar-refractivity contribution in [1.82, 2.24) is 0 Å². The fraction of sp³-hybridized carbons (Fsp3) is 0.333. The molecule has 0 aromatic heterocycles. The molecular formula is C9H12N2O2S. The Balaban J connectivity index is 2.56. The monoisotopic (exact) mass is 212 g/mol. The van der Waals surface area contributed by atoms with Crippen LogP contribution in [-0.4, -0.2) is 14.5 Å². The maximum atomic E-state index is 11.3. The second-order valence-electron chi connectivity index (χ2n) is 3.52. The highest BCUT2D eigenvalue weighted by Gasteiger charge is 2.32. The van der Waals surface area contributed by atoms with Crippen LogP contribution < -0.4 is 9.44 Å². The number of nitrogens with zero attached hydrogens (tertiary/aromatic N) is 1. The third-order valence-corrected chi connectivity index (χ3v) is 3.52. The minimum Gasteiger partial charge on any atom is -0.255 e. The van der Waals surface area contributed by atoms with Crippen molar-refractivity contribution in [3.8, 4) is 0 Å². The molecule has 0 saturated carbocycles. The SMILES string of the molecule is CC1Cc2ccccc2N1S(N)(=O)=O. The van der Waals surface area contributed by atoms with Crippen molar-refractivity contribution in [1.29, 1.82) is 0 Å². The smallest absolute Gasteiger partial charge is 0.255 e. The van der Waals surface area contributed by atoms with Gasteiger partial charge in [0.2, 0.25) is 0 Å². The number of fused-ring (bicyclic) bond motifs is 1. The van der Waals surface area contributed by atoms with Gasteiger partial charge in [-0.2, -0.15) is 8.42 Å². The van der Waals surface area contributed by atoms with Gasteiger partial charge in [0.15, 0.2) is 0 Å². The number of hydrogen-bond donors (Lipinski definition) is 1. The van der Waals surface area contributed by atoms with Gasteiger partial charge in [0.1, 0.15) is 0 Å². The number of para-hydroxylation sites is 1. The summed E-state index contributed by atoms with van der Waals surface area (Å²) in [4.78, 5) is 0. The van der Waals surface area contributed by atoms with Crippen LogP contribution in [-0.2, 0) is 16.6 Å². The van der Waals surface area contributed by atoms with Crippen LogP contribution in [0, 0.1) is 0 Å². The van der Waals surface area contributed by atoms with Crippen molar-refractivity contribution in [3.63, 3.8) is 0 Å². The normalized spacial score (nSPS) is 21.0. The first-order valence-electron chi connectivity index (χ1n) is 4.40. The maximum Gasteiger partial charge on any atom is 0.299 e. The molecule has 0 spiro atoms. The van der Waals surface area contributed by atoms with E-state index in [1.54, 1.807) is 6.07 Å². The molecule has 14 heavy (non-hydrogen) atoms. The number of benzene rings is 1. The minimum absolute atomic E-state index is 0.0811. The molecule has 1 aromatic carbocycles. The van der Waals surface area contributed by atoms with E-state index in [-0.39, 0.29) is 6.04 Å². The summed E-state index contributed by atoms with van der Waals surface area (Å²) >= 11 is 0. The van der Waals surface area contributed by atoms with Gasteiger partial charge in [0, 0.05) is 6.04 Å². The Kier molecular flexibility index (Phi) is 2.01. The average molecular weight is 212 g/mol. The summed E-state index contributed by atoms with van der Waals surface area (Å²) in [5, 5.41) is 5.14. The second kappa shape index (κ2) is 2.96. The first kappa shape index (κ1) is 9.48. The highest BCUT2D eigenvalue weighted by atomic mass is 32.2. The van der Waals surface area contributed by atoms with E-state index in [0.717, 1.165) is 12.0 Å². The Morgan fingerprint density at radius 3 is 2.71 bits per heavy atom. The molecule has 0 amide bonds. The van der Waals surface area contributed by atoms with Crippen molar-refractivity contribution < 1.29 is 8.42 Å². The standard InChI is InChI=1S/C9H12N2O2S/c1-7-6-8-4-2-3-5-9(8)11(7)14(10,12)13/h2-5,7H,6H2,1H3,(H2,10,12,13). The van der Waals surface area contributed by atoms with Crippen LogP contribution >= 0.6 is 0 Å². The summed E-state index contributed by atoms with van der Waals surface area (Å²) in [6, 6.07) is 7.34. The fourth-order valence-corrected chi connectivity index (χ4v) is 2.95. The average Bonchev–Trinajstić information content (AvgIpc) is 2.38. The zero-order valence-electron chi connectivity index (χ0n) is 7.84. The first-order chi connectivity index (χ1) is 6.50. The van der Waals surface area contributed by atoms with Gasteiger partial charge in [0.05, 0.1) is 5.69 Å². The van der Waals surface area contributed by atoms with Gasteiger partial charge in [-0.15, -0.1) is 0 Å². The molecule has 2 N–H and O–H groups in total. The molecule has 1 atom stereocenters. The number of nitrogens with two attached hydrogens (primary N) is 1. The largest absolute Gasteiger partial charge is 0.299 e. The summed E-state index contributed by atoms with van der Waals surface area (Å²) in [6.07, 6.45) is 0.729. The van der Waals surface area contributed by atoms with Gasteiger partial charge < -0.3 is 0 Å². The van der Waals surface area contributed by atoms with E-state index in [9.17, 15) is 8.42 Å². The van der Waals surface area contributed by atoms with Crippen LogP contribution in [0.15, 0.2) is 24.3 Å². The van der Waals surface area contributed by atoms with Crippen molar-refractivity contribution >= 4 is 15.9 Å². The van der Waals surface area contributed by atoms with Crippen molar-refractivity contribution in [2.75, 3.05) is 4.31 Å². The molecule has 1 aliphatic rings. The van der Waals surface area contributed by atoms with E-state index in [4.69, 9.17) is 5.14 Å². The van der Waals surface area contributed by atoms with Crippen LogP contribution in [0.5, 0.6) is 0 Å². The quantitative estimate of drug-likeness (QED) is 0.742. The maximum absolute atomic E-state index is 11.3. The second-order valence-corrected chi connectivity index (χ2v) is 4.95. The Hall–Kier alpha value is -1.07. The molecule has 0 saturated heterocycles. The molecule has 1 aromatic rings. The van der Waals surface area contributed by atoms with Crippen molar-refractivity contribution in [3.05, 3.63) is 29.8 Å². The van der Waals surface area contributed by atoms with Crippen molar-refractivity contribution in [2.24, 2.45) is 5.14 Å². The molecule has 4 nitrogen and oxygen atoms in total. The molecule has 2 rings (SSSR count). The van der Waals surface area contributed by atoms with Crippen molar-refractivity contribution in [2.45, 2.75) is 19.4 Å². The highest BCUT2D eigenvalue weighted by Crippen LogP contribution is 2.32.